The SMILES string of the molecule is C=CC(OCCOCCO)C1CO1. The normalized spacial score (nSPS) is 22.7. The van der Waals surface area contributed by atoms with Crippen molar-refractivity contribution in [1.29, 1.82) is 0 Å². The fraction of sp³-hybridized carbons (Fsp3) is 0.778. The first kappa shape index (κ1) is 10.7. The Kier molecular flexibility index (Phi) is 5.00. The average Bonchev–Trinajstić information content (AvgIpc) is 2.95. The highest BCUT2D eigenvalue weighted by atomic mass is 16.6. The Hall–Kier alpha value is -0.420. The van der Waals surface area contributed by atoms with Crippen LogP contribution >= 0.6 is 0 Å². The number of ether oxygens (including phenoxy) is 3. The molecule has 1 N–H and O–H groups in total. The van der Waals surface area contributed by atoms with Gasteiger partial charge in [0.25, 0.3) is 0 Å². The van der Waals surface area contributed by atoms with Crippen molar-refractivity contribution >= 4 is 0 Å². The largest absolute Gasteiger partial charge is 0.394 e. The van der Waals surface area contributed by atoms with Gasteiger partial charge in [0, 0.05) is 0 Å². The molecular formula is C9H16O4. The van der Waals surface area contributed by atoms with Crippen molar-refractivity contribution < 1.29 is 19.3 Å². The molecule has 0 spiro atoms. The summed E-state index contributed by atoms with van der Waals surface area (Å²) in [5.41, 5.74) is 0. The molecule has 0 radical (unpaired) electrons. The smallest absolute Gasteiger partial charge is 0.111 e. The van der Waals surface area contributed by atoms with Crippen LogP contribution in [0.15, 0.2) is 12.7 Å². The predicted molar refractivity (Wildman–Crippen MR) is 47.6 cm³/mol. The third-order valence-corrected chi connectivity index (χ3v) is 1.73. The van der Waals surface area contributed by atoms with E-state index < -0.39 is 0 Å². The van der Waals surface area contributed by atoms with Crippen molar-refractivity contribution in [3.05, 3.63) is 12.7 Å². The fourth-order valence-corrected chi connectivity index (χ4v) is 0.982. The molecule has 76 valence electrons. The van der Waals surface area contributed by atoms with Gasteiger partial charge in [-0.05, 0) is 0 Å². The van der Waals surface area contributed by atoms with Crippen molar-refractivity contribution in [3.63, 3.8) is 0 Å². The summed E-state index contributed by atoms with van der Waals surface area (Å²) in [5.74, 6) is 0. The monoisotopic (exact) mass is 188 g/mol. The number of aliphatic hydroxyl groups is 1. The van der Waals surface area contributed by atoms with Crippen LogP contribution in [0.3, 0.4) is 0 Å². The van der Waals surface area contributed by atoms with Crippen molar-refractivity contribution in [1.82, 2.24) is 0 Å². The molecule has 0 aromatic heterocycles. The molecule has 1 fully saturated rings. The minimum atomic E-state index is -0.0160. The lowest BCUT2D eigenvalue weighted by Gasteiger charge is -2.10. The molecule has 13 heavy (non-hydrogen) atoms. The molecule has 0 aromatic carbocycles. The number of aliphatic hydroxyl groups excluding tert-OH is 1. The van der Waals surface area contributed by atoms with E-state index in [2.05, 4.69) is 6.58 Å². The third-order valence-electron chi connectivity index (χ3n) is 1.73. The molecule has 1 heterocycles. The minimum Gasteiger partial charge on any atom is -0.394 e. The first-order valence-electron chi connectivity index (χ1n) is 4.43. The molecule has 2 unspecified atom stereocenters. The van der Waals surface area contributed by atoms with E-state index in [-0.39, 0.29) is 18.8 Å². The second-order valence-corrected chi connectivity index (χ2v) is 2.78. The van der Waals surface area contributed by atoms with E-state index in [0.717, 1.165) is 6.61 Å². The van der Waals surface area contributed by atoms with E-state index in [9.17, 15) is 0 Å². The molecule has 0 saturated carbocycles. The van der Waals surface area contributed by atoms with E-state index in [4.69, 9.17) is 19.3 Å². The zero-order valence-corrected chi connectivity index (χ0v) is 7.65. The molecule has 1 aliphatic heterocycles. The lowest BCUT2D eigenvalue weighted by atomic mass is 10.3. The summed E-state index contributed by atoms with van der Waals surface area (Å²) < 4.78 is 15.5. The van der Waals surface area contributed by atoms with Crippen molar-refractivity contribution in [3.8, 4) is 0 Å². The molecule has 1 rings (SSSR count). The number of epoxide rings is 1. The van der Waals surface area contributed by atoms with Crippen molar-refractivity contribution in [2.75, 3.05) is 33.0 Å². The van der Waals surface area contributed by atoms with E-state index >= 15 is 0 Å². The van der Waals surface area contributed by atoms with Crippen LogP contribution in [0, 0.1) is 0 Å². The molecule has 0 bridgehead atoms. The summed E-state index contributed by atoms with van der Waals surface area (Å²) >= 11 is 0. The Morgan fingerprint density at radius 1 is 1.54 bits per heavy atom. The summed E-state index contributed by atoms with van der Waals surface area (Å²) in [6.07, 6.45) is 1.91. The lowest BCUT2D eigenvalue weighted by molar-refractivity contribution is 0.00541. The fourth-order valence-electron chi connectivity index (χ4n) is 0.982. The topological polar surface area (TPSA) is 51.2 Å². The van der Waals surface area contributed by atoms with Crippen LogP contribution in [0.1, 0.15) is 0 Å². The van der Waals surface area contributed by atoms with Gasteiger partial charge in [-0.2, -0.15) is 0 Å². The molecule has 4 heteroatoms. The summed E-state index contributed by atoms with van der Waals surface area (Å²) in [7, 11) is 0. The quantitative estimate of drug-likeness (QED) is 0.330. The zero-order valence-electron chi connectivity index (χ0n) is 7.65. The number of hydrogen-bond acceptors (Lipinski definition) is 4. The Morgan fingerprint density at radius 3 is 2.85 bits per heavy atom. The van der Waals surface area contributed by atoms with E-state index in [1.807, 2.05) is 0 Å². The van der Waals surface area contributed by atoms with Crippen LogP contribution < -0.4 is 0 Å². The summed E-state index contributed by atoms with van der Waals surface area (Å²) in [6, 6.07) is 0. The van der Waals surface area contributed by atoms with Gasteiger partial charge in [-0.15, -0.1) is 6.58 Å². The summed E-state index contributed by atoms with van der Waals surface area (Å²) in [6.45, 7) is 5.83. The second-order valence-electron chi connectivity index (χ2n) is 2.78. The highest BCUT2D eigenvalue weighted by Crippen LogP contribution is 2.17. The third kappa shape index (κ3) is 4.38. The van der Waals surface area contributed by atoms with Crippen molar-refractivity contribution in [2.45, 2.75) is 12.2 Å². The van der Waals surface area contributed by atoms with Gasteiger partial charge in [0.2, 0.25) is 0 Å². The molecular weight excluding hydrogens is 172 g/mol. The van der Waals surface area contributed by atoms with E-state index in [1.165, 1.54) is 0 Å². The molecule has 0 aromatic rings. The van der Waals surface area contributed by atoms with Crippen LogP contribution in [0.2, 0.25) is 0 Å². The van der Waals surface area contributed by atoms with Crippen LogP contribution in [0.25, 0.3) is 0 Å². The minimum absolute atomic E-state index is 0.0160. The summed E-state index contributed by atoms with van der Waals surface area (Å²) in [5, 5.41) is 8.42. The number of hydrogen-bond donors (Lipinski definition) is 1. The predicted octanol–water partition coefficient (Wildman–Crippen LogP) is -0.0347. The first-order valence-corrected chi connectivity index (χ1v) is 4.43. The second kappa shape index (κ2) is 6.10. The Bertz CT molecular complexity index is 145. The Balaban J connectivity index is 1.93. The van der Waals surface area contributed by atoms with Gasteiger partial charge in [0.15, 0.2) is 0 Å². The Morgan fingerprint density at radius 2 is 2.31 bits per heavy atom. The summed E-state index contributed by atoms with van der Waals surface area (Å²) in [4.78, 5) is 0. The van der Waals surface area contributed by atoms with Gasteiger partial charge < -0.3 is 19.3 Å². The molecule has 4 nitrogen and oxygen atoms in total. The van der Waals surface area contributed by atoms with Gasteiger partial charge in [-0.3, -0.25) is 0 Å². The number of rotatable bonds is 8. The van der Waals surface area contributed by atoms with Crippen molar-refractivity contribution in [2.24, 2.45) is 0 Å². The van der Waals surface area contributed by atoms with Gasteiger partial charge in [-0.25, -0.2) is 0 Å². The van der Waals surface area contributed by atoms with Crippen LogP contribution in [0.5, 0.6) is 0 Å². The van der Waals surface area contributed by atoms with Gasteiger partial charge in [0.1, 0.15) is 12.2 Å². The maximum atomic E-state index is 8.42. The molecule has 1 saturated heterocycles. The standard InChI is InChI=1S/C9H16O4/c1-2-8(9-7-13-9)12-6-5-11-4-3-10/h2,8-10H,1,3-7H2. The Labute approximate surface area is 78.1 Å². The zero-order chi connectivity index (χ0) is 9.52. The van der Waals surface area contributed by atoms with Crippen LogP contribution in [-0.4, -0.2) is 50.3 Å². The highest BCUT2D eigenvalue weighted by molar-refractivity contribution is 4.92. The van der Waals surface area contributed by atoms with Gasteiger partial charge in [-0.1, -0.05) is 6.08 Å². The maximum absolute atomic E-state index is 8.42. The van der Waals surface area contributed by atoms with E-state index in [1.54, 1.807) is 6.08 Å². The average molecular weight is 188 g/mol. The molecule has 0 aliphatic carbocycles. The molecule has 2 atom stereocenters. The molecule has 1 aliphatic rings. The van der Waals surface area contributed by atoms with E-state index in [0.29, 0.717) is 19.8 Å². The maximum Gasteiger partial charge on any atom is 0.111 e. The highest BCUT2D eigenvalue weighted by Gasteiger charge is 2.31. The van der Waals surface area contributed by atoms with Crippen LogP contribution in [-0.2, 0) is 14.2 Å². The van der Waals surface area contributed by atoms with Crippen LogP contribution in [0.4, 0.5) is 0 Å². The first-order chi connectivity index (χ1) is 6.38. The molecule has 0 amide bonds. The van der Waals surface area contributed by atoms with Gasteiger partial charge >= 0.3 is 0 Å². The van der Waals surface area contributed by atoms with Gasteiger partial charge in [0.05, 0.1) is 33.0 Å². The lowest BCUT2D eigenvalue weighted by Crippen LogP contribution is -2.19.